The number of carbonyl (C=O) groups is 1. The van der Waals surface area contributed by atoms with E-state index in [0.29, 0.717) is 35.8 Å². The monoisotopic (exact) mass is 549 g/mol. The predicted octanol–water partition coefficient (Wildman–Crippen LogP) is 5.52. The highest BCUT2D eigenvalue weighted by Crippen LogP contribution is 2.34. The largest absolute Gasteiger partial charge is 0.308 e. The fourth-order valence-corrected chi connectivity index (χ4v) is 7.17. The zero-order valence-electron chi connectivity index (χ0n) is 20.2. The molecule has 1 saturated heterocycles. The average molecular weight is 550 g/mol. The van der Waals surface area contributed by atoms with E-state index in [1.807, 2.05) is 50.2 Å². The molecule has 1 fully saturated rings. The number of nitrogens with zero attached hydrogens (tertiary/aromatic N) is 2. The fourth-order valence-electron chi connectivity index (χ4n) is 4.44. The van der Waals surface area contributed by atoms with Gasteiger partial charge in [0.05, 0.1) is 10.0 Å². The molecule has 2 aromatic carbocycles. The average Bonchev–Trinajstić information content (AvgIpc) is 3.32. The molecule has 0 radical (unpaired) electrons. The van der Waals surface area contributed by atoms with Gasteiger partial charge in [-0.2, -0.15) is 4.72 Å². The van der Waals surface area contributed by atoms with Crippen LogP contribution in [0.2, 0.25) is 4.34 Å². The number of thiophene rings is 1. The number of rotatable bonds is 9. The number of piperidine rings is 1. The first-order chi connectivity index (χ1) is 17.2. The Morgan fingerprint density at radius 2 is 1.83 bits per heavy atom. The summed E-state index contributed by atoms with van der Waals surface area (Å²) in [7, 11) is -3.93. The molecule has 0 spiro atoms. The van der Waals surface area contributed by atoms with Crippen LogP contribution in [0.15, 0.2) is 58.8 Å². The summed E-state index contributed by atoms with van der Waals surface area (Å²) in [6, 6.07) is 15.0. The minimum Gasteiger partial charge on any atom is -0.308 e. The molecular weight excluding hydrogens is 521 g/mol. The Hall–Kier alpha value is -2.30. The molecule has 0 aliphatic carbocycles. The van der Waals surface area contributed by atoms with E-state index in [0.717, 1.165) is 35.6 Å². The molecule has 1 unspecified atom stereocenters. The third kappa shape index (κ3) is 5.65. The van der Waals surface area contributed by atoms with Gasteiger partial charge in [0, 0.05) is 18.7 Å². The van der Waals surface area contributed by atoms with Crippen LogP contribution in [0.5, 0.6) is 0 Å². The van der Waals surface area contributed by atoms with Gasteiger partial charge in [-0.3, -0.25) is 9.69 Å². The summed E-state index contributed by atoms with van der Waals surface area (Å²) in [4.78, 5) is 16.9. The molecule has 0 bridgehead atoms. The molecule has 36 heavy (non-hydrogen) atoms. The smallest absolute Gasteiger partial charge is 0.250 e. The lowest BCUT2D eigenvalue weighted by Crippen LogP contribution is -2.52. The van der Waals surface area contributed by atoms with E-state index in [1.54, 1.807) is 6.07 Å². The van der Waals surface area contributed by atoms with Crippen molar-refractivity contribution in [3.8, 4) is 11.1 Å². The summed E-state index contributed by atoms with van der Waals surface area (Å²) >= 11 is 6.81. The van der Waals surface area contributed by atoms with Gasteiger partial charge < -0.3 is 4.90 Å². The summed E-state index contributed by atoms with van der Waals surface area (Å²) in [6.07, 6.45) is 0.874. The van der Waals surface area contributed by atoms with Crippen molar-refractivity contribution in [2.45, 2.75) is 43.5 Å². The molecule has 192 valence electrons. The molecule has 2 heterocycles. The SMILES string of the molecule is CCN(CC)Cc1c(-c2ccccc2)ccc(N2CCCC(NS(=O)(=O)c3ccc(Cl)s3)C2=O)c1F. The van der Waals surface area contributed by atoms with Crippen molar-refractivity contribution in [3.05, 3.63) is 70.3 Å². The third-order valence-electron chi connectivity index (χ3n) is 6.42. The molecule has 4 rings (SSSR count). The first-order valence-electron chi connectivity index (χ1n) is 11.9. The quantitative estimate of drug-likeness (QED) is 0.381. The summed E-state index contributed by atoms with van der Waals surface area (Å²) < 4.78 is 44.7. The number of amides is 1. The minimum absolute atomic E-state index is 0.0392. The number of hydrogen-bond donors (Lipinski definition) is 1. The number of benzene rings is 2. The third-order valence-corrected chi connectivity index (χ3v) is 9.62. The maximum atomic E-state index is 16.2. The van der Waals surface area contributed by atoms with E-state index >= 15 is 4.39 Å². The Labute approximate surface area is 220 Å². The van der Waals surface area contributed by atoms with Gasteiger partial charge >= 0.3 is 0 Å². The highest BCUT2D eigenvalue weighted by atomic mass is 35.5. The lowest BCUT2D eigenvalue weighted by atomic mass is 9.96. The van der Waals surface area contributed by atoms with Crippen molar-refractivity contribution in [2.75, 3.05) is 24.5 Å². The Morgan fingerprint density at radius 3 is 2.47 bits per heavy atom. The summed E-state index contributed by atoms with van der Waals surface area (Å²) in [6.45, 7) is 6.28. The maximum absolute atomic E-state index is 16.2. The van der Waals surface area contributed by atoms with Crippen LogP contribution >= 0.6 is 22.9 Å². The topological polar surface area (TPSA) is 69.7 Å². The van der Waals surface area contributed by atoms with E-state index in [4.69, 9.17) is 11.6 Å². The van der Waals surface area contributed by atoms with Gasteiger partial charge in [0.15, 0.2) is 5.82 Å². The number of anilines is 1. The first kappa shape index (κ1) is 26.8. The maximum Gasteiger partial charge on any atom is 0.250 e. The van der Waals surface area contributed by atoms with Crippen LogP contribution in [0.4, 0.5) is 10.1 Å². The Balaban J connectivity index is 1.68. The summed E-state index contributed by atoms with van der Waals surface area (Å²) in [5, 5.41) is 0. The van der Waals surface area contributed by atoms with Crippen molar-refractivity contribution < 1.29 is 17.6 Å². The standard InChI is InChI=1S/C26H29ClFN3O3S2/c1-3-30(4-2)17-20-19(18-9-6-5-7-10-18)12-13-22(25(20)28)31-16-8-11-21(26(31)32)29-36(33,34)24-15-14-23(27)35-24/h5-7,9-10,12-15,21,29H,3-4,8,11,16-17H2,1-2H3. The lowest BCUT2D eigenvalue weighted by molar-refractivity contribution is -0.121. The highest BCUT2D eigenvalue weighted by molar-refractivity contribution is 7.91. The van der Waals surface area contributed by atoms with Crippen LogP contribution in [0.1, 0.15) is 32.3 Å². The van der Waals surface area contributed by atoms with E-state index < -0.39 is 27.8 Å². The highest BCUT2D eigenvalue weighted by Gasteiger charge is 2.35. The normalized spacial score (nSPS) is 16.6. The van der Waals surface area contributed by atoms with Crippen molar-refractivity contribution in [2.24, 2.45) is 0 Å². The molecule has 3 aromatic rings. The minimum atomic E-state index is -3.93. The molecule has 6 nitrogen and oxygen atoms in total. The van der Waals surface area contributed by atoms with Crippen LogP contribution in [-0.2, 0) is 21.4 Å². The van der Waals surface area contributed by atoms with Gasteiger partial charge in [0.1, 0.15) is 10.3 Å². The van der Waals surface area contributed by atoms with E-state index in [2.05, 4.69) is 9.62 Å². The Morgan fingerprint density at radius 1 is 1.11 bits per heavy atom. The van der Waals surface area contributed by atoms with Gasteiger partial charge in [0.2, 0.25) is 5.91 Å². The van der Waals surface area contributed by atoms with Gasteiger partial charge in [-0.25, -0.2) is 12.8 Å². The van der Waals surface area contributed by atoms with Crippen LogP contribution in [-0.4, -0.2) is 44.9 Å². The fraction of sp³-hybridized carbons (Fsp3) is 0.346. The van der Waals surface area contributed by atoms with Crippen LogP contribution in [0.3, 0.4) is 0 Å². The van der Waals surface area contributed by atoms with Crippen molar-refractivity contribution in [1.29, 1.82) is 0 Å². The molecule has 1 aromatic heterocycles. The zero-order valence-corrected chi connectivity index (χ0v) is 22.6. The number of halogens is 2. The second-order valence-electron chi connectivity index (χ2n) is 8.62. The molecular formula is C26H29ClFN3O3S2. The zero-order chi connectivity index (χ0) is 25.9. The van der Waals surface area contributed by atoms with E-state index in [1.165, 1.54) is 17.0 Å². The Kier molecular flexibility index (Phi) is 8.47. The number of nitrogens with one attached hydrogen (secondary N) is 1. The molecule has 1 aliphatic rings. The van der Waals surface area contributed by atoms with Gasteiger partial charge in [-0.05, 0) is 55.3 Å². The lowest BCUT2D eigenvalue weighted by Gasteiger charge is -2.33. The van der Waals surface area contributed by atoms with Crippen molar-refractivity contribution in [1.82, 2.24) is 9.62 Å². The molecule has 10 heteroatoms. The van der Waals surface area contributed by atoms with E-state index in [9.17, 15) is 13.2 Å². The van der Waals surface area contributed by atoms with E-state index in [-0.39, 0.29) is 9.90 Å². The second kappa shape index (κ2) is 11.4. The Bertz CT molecular complexity index is 1330. The summed E-state index contributed by atoms with van der Waals surface area (Å²) in [5.41, 5.74) is 2.37. The van der Waals surface area contributed by atoms with Crippen LogP contribution < -0.4 is 9.62 Å². The second-order valence-corrected chi connectivity index (χ2v) is 12.3. The molecule has 0 saturated carbocycles. The molecule has 1 N–H and O–H groups in total. The van der Waals surface area contributed by atoms with Crippen LogP contribution in [0, 0.1) is 5.82 Å². The van der Waals surface area contributed by atoms with Crippen LogP contribution in [0.25, 0.3) is 11.1 Å². The molecule has 1 aliphatic heterocycles. The van der Waals surface area contributed by atoms with Gasteiger partial charge in [-0.1, -0.05) is 61.8 Å². The predicted molar refractivity (Wildman–Crippen MR) is 143 cm³/mol. The van der Waals surface area contributed by atoms with Crippen molar-refractivity contribution in [3.63, 3.8) is 0 Å². The van der Waals surface area contributed by atoms with Gasteiger partial charge in [0.25, 0.3) is 10.0 Å². The number of carbonyl (C=O) groups excluding carboxylic acids is 1. The number of hydrogen-bond acceptors (Lipinski definition) is 5. The summed E-state index contributed by atoms with van der Waals surface area (Å²) in [5.74, 6) is -0.919. The molecule has 1 atom stereocenters. The molecule has 1 amide bonds. The number of sulfonamides is 1. The van der Waals surface area contributed by atoms with Crippen molar-refractivity contribution >= 4 is 44.6 Å². The van der Waals surface area contributed by atoms with Gasteiger partial charge in [-0.15, -0.1) is 11.3 Å². The first-order valence-corrected chi connectivity index (χ1v) is 14.6.